The Hall–Kier alpha value is -0.890. The first kappa shape index (κ1) is 11.2. The van der Waals surface area contributed by atoms with Crippen molar-refractivity contribution in [3.63, 3.8) is 0 Å². The molecule has 0 aromatic heterocycles. The molecule has 14 heavy (non-hydrogen) atoms. The lowest BCUT2D eigenvalue weighted by molar-refractivity contribution is 0.276. The summed E-state index contributed by atoms with van der Waals surface area (Å²) in [5, 5.41) is 17.5. The van der Waals surface area contributed by atoms with Gasteiger partial charge in [-0.05, 0) is 40.0 Å². The number of hydrogen-bond acceptors (Lipinski definition) is 3. The van der Waals surface area contributed by atoms with Crippen LogP contribution < -0.4 is 5.73 Å². The molecule has 0 unspecified atom stereocenters. The highest BCUT2D eigenvalue weighted by Crippen LogP contribution is 2.21. The number of nitriles is 1. The van der Waals surface area contributed by atoms with Crippen molar-refractivity contribution in [1.82, 2.24) is 0 Å². The van der Waals surface area contributed by atoms with Crippen molar-refractivity contribution in [3.05, 3.63) is 33.8 Å². The zero-order chi connectivity index (χ0) is 10.6. The zero-order valence-corrected chi connectivity index (χ0v) is 9.16. The lowest BCUT2D eigenvalue weighted by Gasteiger charge is -2.10. The molecule has 1 atom stereocenters. The Morgan fingerprint density at radius 3 is 2.86 bits per heavy atom. The third-order valence-corrected chi connectivity index (χ3v) is 2.67. The maximum Gasteiger partial charge on any atom is 0.100 e. The van der Waals surface area contributed by atoms with E-state index >= 15 is 0 Å². The van der Waals surface area contributed by atoms with Gasteiger partial charge in [0.15, 0.2) is 0 Å². The molecule has 3 N–H and O–H groups in total. The number of nitrogens with zero attached hydrogens (tertiary/aromatic N) is 1. The number of nitrogens with two attached hydrogens (primary N) is 1. The standard InChI is InChI=1S/C10H11BrN2O/c11-9-2-1-7(5-8(9)6-12)10(13)3-4-14/h1-2,5,10,14H,3-4,13H2/t10-/m1/s1. The predicted molar refractivity (Wildman–Crippen MR) is 57.5 cm³/mol. The van der Waals surface area contributed by atoms with Crippen molar-refractivity contribution in [2.45, 2.75) is 12.5 Å². The van der Waals surface area contributed by atoms with Crippen molar-refractivity contribution in [2.75, 3.05) is 6.61 Å². The van der Waals surface area contributed by atoms with Gasteiger partial charge in [0.05, 0.1) is 5.56 Å². The minimum atomic E-state index is -0.208. The Bertz CT molecular complexity index is 360. The first-order valence-corrected chi connectivity index (χ1v) is 5.04. The fourth-order valence-corrected chi connectivity index (χ4v) is 1.50. The third-order valence-electron chi connectivity index (χ3n) is 1.98. The third kappa shape index (κ3) is 2.55. The number of aliphatic hydroxyl groups is 1. The van der Waals surface area contributed by atoms with Crippen molar-refractivity contribution >= 4 is 15.9 Å². The molecule has 0 aliphatic carbocycles. The van der Waals surface area contributed by atoms with Crippen molar-refractivity contribution in [1.29, 1.82) is 5.26 Å². The molecule has 1 rings (SSSR count). The van der Waals surface area contributed by atoms with Crippen LogP contribution in [-0.2, 0) is 0 Å². The van der Waals surface area contributed by atoms with Crippen LogP contribution in [0.1, 0.15) is 23.6 Å². The van der Waals surface area contributed by atoms with Gasteiger partial charge in [0.1, 0.15) is 6.07 Å². The fourth-order valence-electron chi connectivity index (χ4n) is 1.16. The summed E-state index contributed by atoms with van der Waals surface area (Å²) in [6.45, 7) is 0.0547. The first-order valence-electron chi connectivity index (χ1n) is 4.25. The number of halogens is 1. The van der Waals surface area contributed by atoms with Gasteiger partial charge in [-0.1, -0.05) is 6.07 Å². The predicted octanol–water partition coefficient (Wildman–Crippen LogP) is 1.70. The molecule has 0 radical (unpaired) electrons. The van der Waals surface area contributed by atoms with Gasteiger partial charge >= 0.3 is 0 Å². The number of benzene rings is 1. The molecular formula is C10H11BrN2O. The van der Waals surface area contributed by atoms with Crippen LogP contribution >= 0.6 is 15.9 Å². The van der Waals surface area contributed by atoms with E-state index in [0.29, 0.717) is 12.0 Å². The zero-order valence-electron chi connectivity index (χ0n) is 7.57. The van der Waals surface area contributed by atoms with Crippen molar-refractivity contribution in [3.8, 4) is 6.07 Å². The average Bonchev–Trinajstić information content (AvgIpc) is 2.19. The number of hydrogen-bond donors (Lipinski definition) is 2. The summed E-state index contributed by atoms with van der Waals surface area (Å²) in [4.78, 5) is 0. The second kappa shape index (κ2) is 5.11. The van der Waals surface area contributed by atoms with Crippen LogP contribution in [0.25, 0.3) is 0 Å². The smallest absolute Gasteiger partial charge is 0.100 e. The van der Waals surface area contributed by atoms with Crippen molar-refractivity contribution in [2.24, 2.45) is 5.73 Å². The van der Waals surface area contributed by atoms with Gasteiger partial charge in [0.2, 0.25) is 0 Å². The Morgan fingerprint density at radius 1 is 1.57 bits per heavy atom. The summed E-state index contributed by atoms with van der Waals surface area (Å²) in [6, 6.07) is 7.25. The lowest BCUT2D eigenvalue weighted by atomic mass is 10.0. The van der Waals surface area contributed by atoms with Gasteiger partial charge in [-0.15, -0.1) is 0 Å². The highest BCUT2D eigenvalue weighted by molar-refractivity contribution is 9.10. The highest BCUT2D eigenvalue weighted by Gasteiger charge is 2.07. The first-order chi connectivity index (χ1) is 6.69. The van der Waals surface area contributed by atoms with E-state index in [1.807, 2.05) is 6.07 Å². The minimum Gasteiger partial charge on any atom is -0.396 e. The summed E-state index contributed by atoms with van der Waals surface area (Å²) in [5.41, 5.74) is 7.23. The van der Waals surface area contributed by atoms with E-state index in [2.05, 4.69) is 22.0 Å². The average molecular weight is 255 g/mol. The van der Waals surface area contributed by atoms with E-state index in [1.54, 1.807) is 12.1 Å². The Morgan fingerprint density at radius 2 is 2.29 bits per heavy atom. The second-order valence-electron chi connectivity index (χ2n) is 2.97. The SMILES string of the molecule is N#Cc1cc([C@H](N)CCO)ccc1Br. The molecule has 0 spiro atoms. The Balaban J connectivity index is 2.95. The number of aliphatic hydroxyl groups excluding tert-OH is 1. The molecule has 0 aliphatic heterocycles. The molecule has 0 heterocycles. The maximum absolute atomic E-state index is 8.78. The van der Waals surface area contributed by atoms with Gasteiger partial charge < -0.3 is 10.8 Å². The second-order valence-corrected chi connectivity index (χ2v) is 3.82. The van der Waals surface area contributed by atoms with E-state index in [4.69, 9.17) is 16.1 Å². The number of rotatable bonds is 3. The van der Waals surface area contributed by atoms with Crippen LogP contribution in [0.5, 0.6) is 0 Å². The molecule has 0 fully saturated rings. The van der Waals surface area contributed by atoms with Crippen LogP contribution in [0.15, 0.2) is 22.7 Å². The summed E-state index contributed by atoms with van der Waals surface area (Å²) in [5.74, 6) is 0. The quantitative estimate of drug-likeness (QED) is 0.863. The topological polar surface area (TPSA) is 70.0 Å². The van der Waals surface area contributed by atoms with Crippen LogP contribution in [0.3, 0.4) is 0 Å². The van der Waals surface area contributed by atoms with Crippen LogP contribution in [0.2, 0.25) is 0 Å². The van der Waals surface area contributed by atoms with E-state index in [1.165, 1.54) is 0 Å². The van der Waals surface area contributed by atoms with Crippen molar-refractivity contribution < 1.29 is 5.11 Å². The molecular weight excluding hydrogens is 244 g/mol. The van der Waals surface area contributed by atoms with Gasteiger partial charge in [-0.3, -0.25) is 0 Å². The van der Waals surface area contributed by atoms with Gasteiger partial charge in [0, 0.05) is 17.1 Å². The van der Waals surface area contributed by atoms with Gasteiger partial charge in [0.25, 0.3) is 0 Å². The molecule has 1 aromatic carbocycles. The molecule has 3 nitrogen and oxygen atoms in total. The van der Waals surface area contributed by atoms with Crippen LogP contribution in [0.4, 0.5) is 0 Å². The summed E-state index contributed by atoms with van der Waals surface area (Å²) >= 11 is 3.27. The molecule has 0 saturated carbocycles. The van der Waals surface area contributed by atoms with Crippen LogP contribution in [0, 0.1) is 11.3 Å². The minimum absolute atomic E-state index is 0.0547. The van der Waals surface area contributed by atoms with Crippen LogP contribution in [-0.4, -0.2) is 11.7 Å². The molecule has 4 heteroatoms. The summed E-state index contributed by atoms with van der Waals surface area (Å²) in [7, 11) is 0. The van der Waals surface area contributed by atoms with E-state index in [-0.39, 0.29) is 12.6 Å². The largest absolute Gasteiger partial charge is 0.396 e. The van der Waals surface area contributed by atoms with E-state index in [9.17, 15) is 0 Å². The highest BCUT2D eigenvalue weighted by atomic mass is 79.9. The van der Waals surface area contributed by atoms with Gasteiger partial charge in [-0.25, -0.2) is 0 Å². The maximum atomic E-state index is 8.78. The molecule has 1 aromatic rings. The molecule has 0 bridgehead atoms. The lowest BCUT2D eigenvalue weighted by Crippen LogP contribution is -2.12. The molecule has 0 amide bonds. The monoisotopic (exact) mass is 254 g/mol. The molecule has 0 aliphatic rings. The Labute approximate surface area is 91.3 Å². The Kier molecular flexibility index (Phi) is 4.08. The molecule has 74 valence electrons. The summed E-state index contributed by atoms with van der Waals surface area (Å²) < 4.78 is 0.764. The van der Waals surface area contributed by atoms with Gasteiger partial charge in [-0.2, -0.15) is 5.26 Å². The van der Waals surface area contributed by atoms with E-state index in [0.717, 1.165) is 10.0 Å². The van der Waals surface area contributed by atoms with E-state index < -0.39 is 0 Å². The molecule has 0 saturated heterocycles. The summed E-state index contributed by atoms with van der Waals surface area (Å²) in [6.07, 6.45) is 0.506. The normalized spacial score (nSPS) is 12.1. The fraction of sp³-hybridized carbons (Fsp3) is 0.300.